The van der Waals surface area contributed by atoms with Crippen molar-refractivity contribution in [2.75, 3.05) is 17.3 Å². The summed E-state index contributed by atoms with van der Waals surface area (Å²) in [6.45, 7) is 1.84. The van der Waals surface area contributed by atoms with Crippen LogP contribution in [0.3, 0.4) is 0 Å². The molecule has 1 aromatic heterocycles. The van der Waals surface area contributed by atoms with Gasteiger partial charge in [0.2, 0.25) is 5.82 Å². The Morgan fingerprint density at radius 3 is 2.83 bits per heavy atom. The van der Waals surface area contributed by atoms with Crippen molar-refractivity contribution in [1.82, 2.24) is 4.98 Å². The Morgan fingerprint density at radius 2 is 2.33 bits per heavy atom. The Balaban J connectivity index is 3.07. The minimum atomic E-state index is -1.22. The lowest BCUT2D eigenvalue weighted by Crippen LogP contribution is -2.20. The third-order valence-electron chi connectivity index (χ3n) is 2.09. The van der Waals surface area contributed by atoms with Crippen LogP contribution in [0.1, 0.15) is 17.4 Å². The van der Waals surface area contributed by atoms with Gasteiger partial charge in [-0.15, -0.1) is 0 Å². The van der Waals surface area contributed by atoms with E-state index < -0.39 is 10.9 Å². The molecule has 0 saturated carbocycles. The molecule has 1 heterocycles. The van der Waals surface area contributed by atoms with Gasteiger partial charge in [-0.25, -0.2) is 9.78 Å². The van der Waals surface area contributed by atoms with Crippen LogP contribution in [0, 0.1) is 10.1 Å². The molecule has 7 nitrogen and oxygen atoms in total. The van der Waals surface area contributed by atoms with Crippen LogP contribution in [0.4, 0.5) is 11.5 Å². The van der Waals surface area contributed by atoms with E-state index in [-0.39, 0.29) is 23.2 Å². The zero-order valence-electron chi connectivity index (χ0n) is 9.91. The number of carboxylic acids is 1. The predicted molar refractivity (Wildman–Crippen MR) is 69.3 cm³/mol. The van der Waals surface area contributed by atoms with Gasteiger partial charge in [0, 0.05) is 17.9 Å². The molecule has 1 rings (SSSR count). The molecule has 0 radical (unpaired) electrons. The summed E-state index contributed by atoms with van der Waals surface area (Å²) in [6.07, 6.45) is 1.91. The Labute approximate surface area is 108 Å². The smallest absolute Gasteiger partial charge is 0.354 e. The van der Waals surface area contributed by atoms with Crippen LogP contribution < -0.4 is 5.32 Å². The SMILES string of the molecule is CSCC(C)Nc1nc(C(=O)O)ccc1[N+](=O)[O-]. The molecule has 1 unspecified atom stereocenters. The first-order chi connectivity index (χ1) is 8.45. The van der Waals surface area contributed by atoms with Crippen LogP contribution in [-0.4, -0.2) is 39.0 Å². The van der Waals surface area contributed by atoms with E-state index in [0.717, 1.165) is 17.9 Å². The number of thioether (sulfide) groups is 1. The van der Waals surface area contributed by atoms with E-state index in [2.05, 4.69) is 10.3 Å². The van der Waals surface area contributed by atoms with Gasteiger partial charge in [-0.3, -0.25) is 10.1 Å². The Morgan fingerprint density at radius 1 is 1.67 bits per heavy atom. The van der Waals surface area contributed by atoms with E-state index in [0.29, 0.717) is 0 Å². The number of hydrogen-bond donors (Lipinski definition) is 2. The number of hydrogen-bond acceptors (Lipinski definition) is 6. The van der Waals surface area contributed by atoms with Gasteiger partial charge >= 0.3 is 11.7 Å². The number of aromatic nitrogens is 1. The van der Waals surface area contributed by atoms with E-state index >= 15 is 0 Å². The Kier molecular flexibility index (Phi) is 4.90. The van der Waals surface area contributed by atoms with Crippen molar-refractivity contribution in [3.8, 4) is 0 Å². The van der Waals surface area contributed by atoms with E-state index in [9.17, 15) is 14.9 Å². The minimum absolute atomic E-state index is 0.0125. The summed E-state index contributed by atoms with van der Waals surface area (Å²) >= 11 is 1.58. The molecular weight excluding hydrogens is 258 g/mol. The highest BCUT2D eigenvalue weighted by Crippen LogP contribution is 2.23. The first kappa shape index (κ1) is 14.2. The van der Waals surface area contributed by atoms with Gasteiger partial charge in [-0.1, -0.05) is 0 Å². The van der Waals surface area contributed by atoms with Gasteiger partial charge in [0.1, 0.15) is 0 Å². The van der Waals surface area contributed by atoms with Gasteiger partial charge in [0.05, 0.1) is 4.92 Å². The number of carbonyl (C=O) groups is 1. The molecule has 0 amide bonds. The maximum atomic E-state index is 10.8. The predicted octanol–water partition coefficient (Wildman–Crippen LogP) is 1.85. The number of nitrogens with zero attached hydrogens (tertiary/aromatic N) is 2. The van der Waals surface area contributed by atoms with Crippen molar-refractivity contribution in [1.29, 1.82) is 0 Å². The highest BCUT2D eigenvalue weighted by atomic mass is 32.2. The van der Waals surface area contributed by atoms with Crippen LogP contribution >= 0.6 is 11.8 Å². The maximum Gasteiger partial charge on any atom is 0.354 e. The molecule has 1 atom stereocenters. The fourth-order valence-corrected chi connectivity index (χ4v) is 1.93. The fraction of sp³-hybridized carbons (Fsp3) is 0.400. The van der Waals surface area contributed by atoms with E-state index in [1.54, 1.807) is 11.8 Å². The third kappa shape index (κ3) is 3.59. The van der Waals surface area contributed by atoms with Crippen LogP contribution in [0.25, 0.3) is 0 Å². The van der Waals surface area contributed by atoms with Crippen molar-refractivity contribution in [3.63, 3.8) is 0 Å². The Bertz CT molecular complexity index is 466. The molecule has 1 aromatic rings. The zero-order valence-corrected chi connectivity index (χ0v) is 10.7. The van der Waals surface area contributed by atoms with Crippen molar-refractivity contribution < 1.29 is 14.8 Å². The molecule has 18 heavy (non-hydrogen) atoms. The molecule has 2 N–H and O–H groups in total. The van der Waals surface area contributed by atoms with Crippen LogP contribution in [0.2, 0.25) is 0 Å². The number of anilines is 1. The second-order valence-corrected chi connectivity index (χ2v) is 4.54. The fourth-order valence-electron chi connectivity index (χ4n) is 1.35. The maximum absolute atomic E-state index is 10.8. The van der Waals surface area contributed by atoms with Gasteiger partial charge < -0.3 is 10.4 Å². The van der Waals surface area contributed by atoms with E-state index in [4.69, 9.17) is 5.11 Å². The molecule has 0 spiro atoms. The number of nitro groups is 1. The van der Waals surface area contributed by atoms with Crippen molar-refractivity contribution in [3.05, 3.63) is 27.9 Å². The molecule has 0 fully saturated rings. The van der Waals surface area contributed by atoms with Gasteiger partial charge in [-0.05, 0) is 19.2 Å². The zero-order chi connectivity index (χ0) is 13.7. The molecule has 0 aliphatic heterocycles. The lowest BCUT2D eigenvalue weighted by molar-refractivity contribution is -0.384. The van der Waals surface area contributed by atoms with E-state index in [1.807, 2.05) is 13.2 Å². The van der Waals surface area contributed by atoms with Crippen LogP contribution in [0.15, 0.2) is 12.1 Å². The highest BCUT2D eigenvalue weighted by molar-refractivity contribution is 7.98. The molecule has 8 heteroatoms. The second kappa shape index (κ2) is 6.20. The summed E-state index contributed by atoms with van der Waals surface area (Å²) < 4.78 is 0. The number of rotatable bonds is 6. The average molecular weight is 271 g/mol. The minimum Gasteiger partial charge on any atom is -0.477 e. The molecular formula is C10H13N3O4S. The largest absolute Gasteiger partial charge is 0.477 e. The average Bonchev–Trinajstić information content (AvgIpc) is 2.28. The summed E-state index contributed by atoms with van der Waals surface area (Å²) in [5.41, 5.74) is -0.451. The van der Waals surface area contributed by atoms with Crippen molar-refractivity contribution in [2.24, 2.45) is 0 Å². The number of pyridine rings is 1. The first-order valence-electron chi connectivity index (χ1n) is 5.10. The molecule has 0 bridgehead atoms. The summed E-state index contributed by atoms with van der Waals surface area (Å²) in [6, 6.07) is 2.21. The normalized spacial score (nSPS) is 11.9. The molecule has 0 aliphatic carbocycles. The Hall–Kier alpha value is -1.83. The molecule has 98 valence electrons. The third-order valence-corrected chi connectivity index (χ3v) is 2.92. The topological polar surface area (TPSA) is 105 Å². The number of aromatic carboxylic acids is 1. The van der Waals surface area contributed by atoms with Crippen molar-refractivity contribution >= 4 is 29.2 Å². The van der Waals surface area contributed by atoms with E-state index in [1.165, 1.54) is 0 Å². The van der Waals surface area contributed by atoms with Crippen LogP contribution in [0.5, 0.6) is 0 Å². The summed E-state index contributed by atoms with van der Waals surface area (Å²) in [4.78, 5) is 24.8. The monoisotopic (exact) mass is 271 g/mol. The molecule has 0 saturated heterocycles. The standard InChI is InChI=1S/C10H13N3O4S/c1-6(5-18-2)11-9-8(13(16)17)4-3-7(12-9)10(14)15/h3-4,6H,5H2,1-2H3,(H,11,12)(H,14,15). The second-order valence-electron chi connectivity index (χ2n) is 3.63. The molecule has 0 aromatic carbocycles. The van der Waals surface area contributed by atoms with Crippen LogP contribution in [-0.2, 0) is 0 Å². The number of nitrogens with one attached hydrogen (secondary N) is 1. The summed E-state index contributed by atoms with van der Waals surface area (Å²) in [5, 5.41) is 22.5. The number of carboxylic acid groups (broad SMARTS) is 1. The summed E-state index contributed by atoms with van der Waals surface area (Å²) in [7, 11) is 0. The first-order valence-corrected chi connectivity index (χ1v) is 6.49. The molecule has 0 aliphatic rings. The van der Waals surface area contributed by atoms with Gasteiger partial charge in [0.25, 0.3) is 0 Å². The lowest BCUT2D eigenvalue weighted by Gasteiger charge is -2.13. The summed E-state index contributed by atoms with van der Waals surface area (Å²) in [5.74, 6) is -0.497. The quantitative estimate of drug-likeness (QED) is 0.600. The highest BCUT2D eigenvalue weighted by Gasteiger charge is 2.19. The lowest BCUT2D eigenvalue weighted by atomic mass is 10.3. The van der Waals surface area contributed by atoms with Gasteiger partial charge in [-0.2, -0.15) is 11.8 Å². The van der Waals surface area contributed by atoms with Gasteiger partial charge in [0.15, 0.2) is 5.69 Å². The van der Waals surface area contributed by atoms with Crippen molar-refractivity contribution in [2.45, 2.75) is 13.0 Å².